The Balaban J connectivity index is 1.53. The second-order valence-corrected chi connectivity index (χ2v) is 7.10. The molecule has 140 valence electrons. The van der Waals surface area contributed by atoms with Gasteiger partial charge in [0, 0.05) is 45.7 Å². The summed E-state index contributed by atoms with van der Waals surface area (Å²) in [5.41, 5.74) is 2.41. The van der Waals surface area contributed by atoms with E-state index in [0.29, 0.717) is 0 Å². The summed E-state index contributed by atoms with van der Waals surface area (Å²) in [7, 11) is 1.80. The van der Waals surface area contributed by atoms with E-state index in [2.05, 4.69) is 56.4 Å². The highest BCUT2D eigenvalue weighted by Gasteiger charge is 2.29. The topological polar surface area (TPSA) is 63.5 Å². The van der Waals surface area contributed by atoms with Gasteiger partial charge in [0.1, 0.15) is 5.82 Å². The van der Waals surface area contributed by atoms with Crippen molar-refractivity contribution in [2.24, 2.45) is 4.99 Å². The highest BCUT2D eigenvalue weighted by molar-refractivity contribution is 5.79. The largest absolute Gasteiger partial charge is 0.373 e. The van der Waals surface area contributed by atoms with Crippen molar-refractivity contribution in [3.63, 3.8) is 0 Å². The van der Waals surface area contributed by atoms with Crippen LogP contribution >= 0.6 is 0 Å². The number of hydrogen-bond acceptors (Lipinski definition) is 3. The molecule has 0 bridgehead atoms. The summed E-state index contributed by atoms with van der Waals surface area (Å²) in [6.07, 6.45) is 6.07. The Morgan fingerprint density at radius 2 is 2.19 bits per heavy atom. The molecule has 1 aliphatic rings. The van der Waals surface area contributed by atoms with Gasteiger partial charge in [0.25, 0.3) is 0 Å². The Morgan fingerprint density at radius 3 is 2.88 bits per heavy atom. The molecular weight excluding hydrogens is 326 g/mol. The number of aryl methyl sites for hydroxylation is 1. The lowest BCUT2D eigenvalue weighted by atomic mass is 10.0. The van der Waals surface area contributed by atoms with Crippen LogP contribution in [0.3, 0.4) is 0 Å². The Morgan fingerprint density at radius 1 is 1.35 bits per heavy atom. The van der Waals surface area contributed by atoms with E-state index >= 15 is 0 Å². The van der Waals surface area contributed by atoms with Gasteiger partial charge >= 0.3 is 0 Å². The summed E-state index contributed by atoms with van der Waals surface area (Å²) in [5, 5.41) is 6.77. The van der Waals surface area contributed by atoms with E-state index in [0.717, 1.165) is 50.9 Å². The molecule has 1 aliphatic heterocycles. The van der Waals surface area contributed by atoms with Gasteiger partial charge in [-0.15, -0.1) is 0 Å². The first-order chi connectivity index (χ1) is 12.6. The van der Waals surface area contributed by atoms with E-state index in [-0.39, 0.29) is 5.60 Å². The van der Waals surface area contributed by atoms with Crippen molar-refractivity contribution in [3.8, 4) is 0 Å². The van der Waals surface area contributed by atoms with Crippen LogP contribution in [0.25, 0.3) is 0 Å². The van der Waals surface area contributed by atoms with Crippen molar-refractivity contribution in [1.29, 1.82) is 0 Å². The lowest BCUT2D eigenvalue weighted by molar-refractivity contribution is 0.0243. The summed E-state index contributed by atoms with van der Waals surface area (Å²) < 4.78 is 7.97. The van der Waals surface area contributed by atoms with Gasteiger partial charge in [0.05, 0.1) is 5.60 Å². The van der Waals surface area contributed by atoms with Gasteiger partial charge in [-0.05, 0) is 37.8 Å². The third kappa shape index (κ3) is 4.85. The van der Waals surface area contributed by atoms with Crippen LogP contribution in [-0.2, 0) is 17.8 Å². The fourth-order valence-electron chi connectivity index (χ4n) is 3.26. The minimum absolute atomic E-state index is 0.0831. The maximum absolute atomic E-state index is 5.82. The predicted octanol–water partition coefficient (Wildman–Crippen LogP) is 2.47. The maximum atomic E-state index is 5.82. The van der Waals surface area contributed by atoms with Crippen LogP contribution in [0.4, 0.5) is 0 Å². The van der Waals surface area contributed by atoms with E-state index in [1.165, 1.54) is 11.1 Å². The molecule has 3 rings (SSSR count). The Bertz CT molecular complexity index is 746. The van der Waals surface area contributed by atoms with Gasteiger partial charge in [-0.2, -0.15) is 0 Å². The molecule has 0 saturated carbocycles. The van der Waals surface area contributed by atoms with Crippen molar-refractivity contribution >= 4 is 5.96 Å². The predicted molar refractivity (Wildman–Crippen MR) is 104 cm³/mol. The monoisotopic (exact) mass is 355 g/mol. The van der Waals surface area contributed by atoms with E-state index in [9.17, 15) is 0 Å². The number of guanidine groups is 1. The van der Waals surface area contributed by atoms with Gasteiger partial charge in [-0.25, -0.2) is 4.98 Å². The first-order valence-corrected chi connectivity index (χ1v) is 9.22. The van der Waals surface area contributed by atoms with Crippen molar-refractivity contribution in [2.75, 3.05) is 20.2 Å². The molecule has 0 aliphatic carbocycles. The molecular formula is C20H29N5O. The van der Waals surface area contributed by atoms with Gasteiger partial charge in [0.15, 0.2) is 5.96 Å². The first kappa shape index (κ1) is 18.5. The summed E-state index contributed by atoms with van der Waals surface area (Å²) in [5.74, 6) is 1.83. The molecule has 2 aromatic rings. The zero-order valence-electron chi connectivity index (χ0n) is 16.0. The SMILES string of the molecule is CN=C(NCc1cccc(Cn2ccnc2C)c1)NCC1(C)CCCO1. The number of aromatic nitrogens is 2. The van der Waals surface area contributed by atoms with Crippen LogP contribution < -0.4 is 10.6 Å². The second kappa shape index (κ2) is 8.36. The van der Waals surface area contributed by atoms with Gasteiger partial charge < -0.3 is 19.9 Å². The number of ether oxygens (including phenoxy) is 1. The van der Waals surface area contributed by atoms with Gasteiger partial charge in [0.2, 0.25) is 0 Å². The smallest absolute Gasteiger partial charge is 0.191 e. The fourth-order valence-corrected chi connectivity index (χ4v) is 3.26. The van der Waals surface area contributed by atoms with Crippen molar-refractivity contribution in [1.82, 2.24) is 20.2 Å². The number of nitrogens with zero attached hydrogens (tertiary/aromatic N) is 3. The Hall–Kier alpha value is -2.34. The highest BCUT2D eigenvalue weighted by Crippen LogP contribution is 2.23. The van der Waals surface area contributed by atoms with Crippen LogP contribution in [-0.4, -0.2) is 41.3 Å². The molecule has 2 heterocycles. The van der Waals surface area contributed by atoms with Gasteiger partial charge in [-0.1, -0.05) is 24.3 Å². The molecule has 6 nitrogen and oxygen atoms in total. The number of rotatable bonds is 6. The van der Waals surface area contributed by atoms with Crippen molar-refractivity contribution in [2.45, 2.75) is 45.4 Å². The van der Waals surface area contributed by atoms with Crippen LogP contribution in [0.2, 0.25) is 0 Å². The molecule has 1 unspecified atom stereocenters. The standard InChI is InChI=1S/C20H29N5O/c1-16-22-9-10-25(16)14-18-7-4-6-17(12-18)13-23-19(21-3)24-15-20(2)8-5-11-26-20/h4,6-7,9-10,12H,5,8,11,13-15H2,1-3H3,(H2,21,23,24). The lowest BCUT2D eigenvalue weighted by Crippen LogP contribution is -2.45. The summed E-state index contributed by atoms with van der Waals surface area (Å²) in [6, 6.07) is 8.60. The number of imidazole rings is 1. The molecule has 0 spiro atoms. The fraction of sp³-hybridized carbons (Fsp3) is 0.500. The average molecular weight is 355 g/mol. The summed E-state index contributed by atoms with van der Waals surface area (Å²) in [6.45, 7) is 7.37. The summed E-state index contributed by atoms with van der Waals surface area (Å²) in [4.78, 5) is 8.60. The van der Waals surface area contributed by atoms with Crippen LogP contribution in [0.1, 0.15) is 36.7 Å². The second-order valence-electron chi connectivity index (χ2n) is 7.10. The molecule has 1 aromatic heterocycles. The van der Waals surface area contributed by atoms with E-state index in [4.69, 9.17) is 4.74 Å². The van der Waals surface area contributed by atoms with Crippen LogP contribution in [0.5, 0.6) is 0 Å². The van der Waals surface area contributed by atoms with Crippen LogP contribution in [0, 0.1) is 6.92 Å². The zero-order chi connectivity index (χ0) is 18.4. The Labute approximate surface area is 155 Å². The number of benzene rings is 1. The minimum atomic E-state index is -0.0831. The van der Waals surface area contributed by atoms with Crippen molar-refractivity contribution in [3.05, 3.63) is 53.6 Å². The lowest BCUT2D eigenvalue weighted by Gasteiger charge is -2.24. The van der Waals surface area contributed by atoms with E-state index in [1.54, 1.807) is 7.05 Å². The molecule has 1 aromatic carbocycles. The molecule has 1 fully saturated rings. The van der Waals surface area contributed by atoms with Gasteiger partial charge in [-0.3, -0.25) is 4.99 Å². The average Bonchev–Trinajstić information content (AvgIpc) is 3.25. The Kier molecular flexibility index (Phi) is 5.93. The molecule has 2 N–H and O–H groups in total. The number of hydrogen-bond donors (Lipinski definition) is 2. The number of nitrogens with one attached hydrogen (secondary N) is 2. The van der Waals surface area contributed by atoms with E-state index in [1.807, 2.05) is 19.3 Å². The summed E-state index contributed by atoms with van der Waals surface area (Å²) >= 11 is 0. The zero-order valence-corrected chi connectivity index (χ0v) is 16.0. The van der Waals surface area contributed by atoms with E-state index < -0.39 is 0 Å². The van der Waals surface area contributed by atoms with Crippen LogP contribution in [0.15, 0.2) is 41.7 Å². The minimum Gasteiger partial charge on any atom is -0.373 e. The molecule has 6 heteroatoms. The molecule has 26 heavy (non-hydrogen) atoms. The third-order valence-electron chi connectivity index (χ3n) is 4.88. The maximum Gasteiger partial charge on any atom is 0.191 e. The third-order valence-corrected chi connectivity index (χ3v) is 4.88. The molecule has 0 radical (unpaired) electrons. The molecule has 0 amide bonds. The molecule has 1 saturated heterocycles. The quantitative estimate of drug-likeness (QED) is 0.617. The highest BCUT2D eigenvalue weighted by atomic mass is 16.5. The first-order valence-electron chi connectivity index (χ1n) is 9.22. The number of aliphatic imine (C=N–C) groups is 1. The molecule has 1 atom stereocenters. The van der Waals surface area contributed by atoms with Crippen molar-refractivity contribution < 1.29 is 4.74 Å². The normalized spacial score (nSPS) is 20.3.